The summed E-state index contributed by atoms with van der Waals surface area (Å²) >= 11 is 0. The third-order valence-electron chi connectivity index (χ3n) is 2.99. The third-order valence-corrected chi connectivity index (χ3v) is 2.99. The van der Waals surface area contributed by atoms with Crippen molar-refractivity contribution in [3.8, 4) is 0 Å². The highest BCUT2D eigenvalue weighted by Gasteiger charge is 2.31. The predicted molar refractivity (Wildman–Crippen MR) is 64.0 cm³/mol. The molecule has 3 nitrogen and oxygen atoms in total. The van der Waals surface area contributed by atoms with Crippen molar-refractivity contribution in [1.29, 1.82) is 0 Å². The van der Waals surface area contributed by atoms with Gasteiger partial charge in [-0.3, -0.25) is 4.90 Å². The van der Waals surface area contributed by atoms with E-state index in [9.17, 15) is 0 Å². The van der Waals surface area contributed by atoms with Gasteiger partial charge >= 0.3 is 0 Å². The first-order valence-electron chi connectivity index (χ1n) is 6.04. The van der Waals surface area contributed by atoms with Crippen molar-refractivity contribution in [2.45, 2.75) is 45.7 Å². The number of piperazine rings is 1. The zero-order chi connectivity index (χ0) is 11.5. The normalized spacial score (nSPS) is 27.2. The van der Waals surface area contributed by atoms with Crippen LogP contribution in [0.3, 0.4) is 0 Å². The first-order chi connectivity index (χ1) is 6.94. The molecule has 1 atom stereocenters. The maximum absolute atomic E-state index is 9.05. The zero-order valence-corrected chi connectivity index (χ0v) is 10.6. The van der Waals surface area contributed by atoms with Crippen LogP contribution < -0.4 is 5.32 Å². The number of aliphatic hydroxyl groups excluding tert-OH is 1. The van der Waals surface area contributed by atoms with E-state index in [1.165, 1.54) is 0 Å². The average Bonchev–Trinajstić information content (AvgIpc) is 2.08. The zero-order valence-electron chi connectivity index (χ0n) is 10.6. The standard InChI is InChI=1S/C12H26N2O/c1-10(2)8-14-9-12(3,4)13-7-11(14)5-6-15/h10-11,13,15H,5-9H2,1-4H3. The Hall–Kier alpha value is -0.120. The van der Waals surface area contributed by atoms with Crippen molar-refractivity contribution in [3.05, 3.63) is 0 Å². The lowest BCUT2D eigenvalue weighted by molar-refractivity contribution is 0.0682. The Morgan fingerprint density at radius 2 is 2.13 bits per heavy atom. The molecule has 0 aromatic carbocycles. The summed E-state index contributed by atoms with van der Waals surface area (Å²) < 4.78 is 0. The molecule has 0 spiro atoms. The van der Waals surface area contributed by atoms with Gasteiger partial charge in [-0.2, -0.15) is 0 Å². The van der Waals surface area contributed by atoms with Crippen LogP contribution in [-0.4, -0.2) is 47.8 Å². The van der Waals surface area contributed by atoms with Crippen LogP contribution in [0.25, 0.3) is 0 Å². The lowest BCUT2D eigenvalue weighted by atomic mass is 9.96. The highest BCUT2D eigenvalue weighted by Crippen LogP contribution is 2.18. The van der Waals surface area contributed by atoms with Crippen LogP contribution in [0.4, 0.5) is 0 Å². The van der Waals surface area contributed by atoms with E-state index in [4.69, 9.17) is 5.11 Å². The van der Waals surface area contributed by atoms with E-state index in [1.54, 1.807) is 0 Å². The quantitative estimate of drug-likeness (QED) is 0.735. The Morgan fingerprint density at radius 3 is 2.67 bits per heavy atom. The summed E-state index contributed by atoms with van der Waals surface area (Å²) in [6.45, 7) is 12.5. The molecule has 0 radical (unpaired) electrons. The van der Waals surface area contributed by atoms with E-state index in [0.717, 1.165) is 26.1 Å². The van der Waals surface area contributed by atoms with E-state index in [2.05, 4.69) is 37.9 Å². The summed E-state index contributed by atoms with van der Waals surface area (Å²) in [5, 5.41) is 12.6. The Bertz CT molecular complexity index is 192. The fourth-order valence-corrected chi connectivity index (χ4v) is 2.33. The fraction of sp³-hybridized carbons (Fsp3) is 1.00. The van der Waals surface area contributed by atoms with Gasteiger partial charge in [-0.15, -0.1) is 0 Å². The lowest BCUT2D eigenvalue weighted by Gasteiger charge is -2.45. The molecule has 0 aliphatic carbocycles. The smallest absolute Gasteiger partial charge is 0.0446 e. The Kier molecular flexibility index (Phi) is 4.56. The van der Waals surface area contributed by atoms with Gasteiger partial charge in [0.2, 0.25) is 0 Å². The van der Waals surface area contributed by atoms with Crippen molar-refractivity contribution >= 4 is 0 Å². The van der Waals surface area contributed by atoms with Crippen LogP contribution in [0.2, 0.25) is 0 Å². The van der Waals surface area contributed by atoms with Gasteiger partial charge in [-0.25, -0.2) is 0 Å². The molecule has 90 valence electrons. The molecular weight excluding hydrogens is 188 g/mol. The number of rotatable bonds is 4. The first kappa shape index (κ1) is 12.9. The van der Waals surface area contributed by atoms with Crippen molar-refractivity contribution in [2.75, 3.05) is 26.2 Å². The van der Waals surface area contributed by atoms with Gasteiger partial charge in [0, 0.05) is 37.8 Å². The molecular formula is C12H26N2O. The molecule has 3 heteroatoms. The lowest BCUT2D eigenvalue weighted by Crippen LogP contribution is -2.62. The number of hydrogen-bond donors (Lipinski definition) is 2. The summed E-state index contributed by atoms with van der Waals surface area (Å²) in [7, 11) is 0. The first-order valence-corrected chi connectivity index (χ1v) is 6.04. The third kappa shape index (κ3) is 4.09. The van der Waals surface area contributed by atoms with E-state index in [1.807, 2.05) is 0 Å². The van der Waals surface area contributed by atoms with Crippen LogP contribution >= 0.6 is 0 Å². The maximum Gasteiger partial charge on any atom is 0.0446 e. The second kappa shape index (κ2) is 5.28. The molecule has 0 amide bonds. The molecule has 1 aliphatic heterocycles. The van der Waals surface area contributed by atoms with E-state index in [-0.39, 0.29) is 5.54 Å². The van der Waals surface area contributed by atoms with Crippen LogP contribution in [0.1, 0.15) is 34.1 Å². The van der Waals surface area contributed by atoms with E-state index >= 15 is 0 Å². The van der Waals surface area contributed by atoms with Crippen LogP contribution in [0.15, 0.2) is 0 Å². The van der Waals surface area contributed by atoms with Gasteiger partial charge in [0.15, 0.2) is 0 Å². The van der Waals surface area contributed by atoms with E-state index < -0.39 is 0 Å². The summed E-state index contributed by atoms with van der Waals surface area (Å²) in [6.07, 6.45) is 0.885. The number of nitrogens with one attached hydrogen (secondary N) is 1. The second-order valence-electron chi connectivity index (χ2n) is 5.75. The van der Waals surface area contributed by atoms with E-state index in [0.29, 0.717) is 18.6 Å². The minimum atomic E-state index is 0.209. The highest BCUT2D eigenvalue weighted by molar-refractivity contribution is 4.92. The Morgan fingerprint density at radius 1 is 1.47 bits per heavy atom. The van der Waals surface area contributed by atoms with Crippen molar-refractivity contribution in [2.24, 2.45) is 5.92 Å². The molecule has 1 rings (SSSR count). The molecule has 1 fully saturated rings. The fourth-order valence-electron chi connectivity index (χ4n) is 2.33. The topological polar surface area (TPSA) is 35.5 Å². The minimum absolute atomic E-state index is 0.209. The molecule has 0 saturated carbocycles. The van der Waals surface area contributed by atoms with Crippen molar-refractivity contribution in [1.82, 2.24) is 10.2 Å². The summed E-state index contributed by atoms with van der Waals surface area (Å²) in [5.74, 6) is 0.695. The van der Waals surface area contributed by atoms with Gasteiger partial charge in [0.05, 0.1) is 0 Å². The van der Waals surface area contributed by atoms with Crippen LogP contribution in [0, 0.1) is 5.92 Å². The summed E-state index contributed by atoms with van der Waals surface area (Å²) in [5.41, 5.74) is 0.209. The SMILES string of the molecule is CC(C)CN1CC(C)(C)NCC1CCO. The van der Waals surface area contributed by atoms with Gasteiger partial charge in [-0.1, -0.05) is 13.8 Å². The molecule has 0 bridgehead atoms. The Balaban J connectivity index is 2.56. The number of hydrogen-bond acceptors (Lipinski definition) is 3. The Labute approximate surface area is 93.9 Å². The van der Waals surface area contributed by atoms with Crippen molar-refractivity contribution in [3.63, 3.8) is 0 Å². The monoisotopic (exact) mass is 214 g/mol. The maximum atomic E-state index is 9.05. The van der Waals surface area contributed by atoms with Gasteiger partial charge in [0.25, 0.3) is 0 Å². The molecule has 0 aromatic heterocycles. The van der Waals surface area contributed by atoms with Gasteiger partial charge in [0.1, 0.15) is 0 Å². The molecule has 1 heterocycles. The summed E-state index contributed by atoms with van der Waals surface area (Å²) in [6, 6.07) is 0.505. The largest absolute Gasteiger partial charge is 0.396 e. The van der Waals surface area contributed by atoms with Crippen molar-refractivity contribution < 1.29 is 5.11 Å². The summed E-state index contributed by atoms with van der Waals surface area (Å²) in [4.78, 5) is 2.53. The average molecular weight is 214 g/mol. The second-order valence-corrected chi connectivity index (χ2v) is 5.75. The molecule has 0 aromatic rings. The molecule has 15 heavy (non-hydrogen) atoms. The highest BCUT2D eigenvalue weighted by atomic mass is 16.3. The van der Waals surface area contributed by atoms with Crippen LogP contribution in [0.5, 0.6) is 0 Å². The van der Waals surface area contributed by atoms with Gasteiger partial charge in [-0.05, 0) is 26.2 Å². The van der Waals surface area contributed by atoms with Gasteiger partial charge < -0.3 is 10.4 Å². The number of nitrogens with zero attached hydrogens (tertiary/aromatic N) is 1. The molecule has 1 aliphatic rings. The molecule has 2 N–H and O–H groups in total. The number of aliphatic hydroxyl groups is 1. The predicted octanol–water partition coefficient (Wildman–Crippen LogP) is 1.08. The molecule has 1 unspecified atom stereocenters. The molecule has 1 saturated heterocycles. The van der Waals surface area contributed by atoms with Crippen LogP contribution in [-0.2, 0) is 0 Å². The minimum Gasteiger partial charge on any atom is -0.396 e.